The lowest BCUT2D eigenvalue weighted by molar-refractivity contribution is -0.127. The van der Waals surface area contributed by atoms with Crippen LogP contribution >= 0.6 is 23.1 Å². The first-order valence-electron chi connectivity index (χ1n) is 7.61. The quantitative estimate of drug-likeness (QED) is 0.823. The fourth-order valence-electron chi connectivity index (χ4n) is 2.34. The number of hydrogen-bond acceptors (Lipinski definition) is 5. The van der Waals surface area contributed by atoms with E-state index in [1.807, 2.05) is 44.2 Å². The summed E-state index contributed by atoms with van der Waals surface area (Å²) in [7, 11) is 0. The summed E-state index contributed by atoms with van der Waals surface area (Å²) in [5, 5.41) is 2.31. The summed E-state index contributed by atoms with van der Waals surface area (Å²) in [5.74, 6) is -0.828. The zero-order valence-corrected chi connectivity index (χ0v) is 15.4. The van der Waals surface area contributed by atoms with Crippen molar-refractivity contribution in [1.29, 1.82) is 0 Å². The molecule has 1 aromatic heterocycles. The van der Waals surface area contributed by atoms with Gasteiger partial charge in [-0.15, -0.1) is 11.3 Å². The van der Waals surface area contributed by atoms with Gasteiger partial charge in [0.05, 0.1) is 4.91 Å². The van der Waals surface area contributed by atoms with Gasteiger partial charge in [0.15, 0.2) is 0 Å². The monoisotopic (exact) mass is 372 g/mol. The van der Waals surface area contributed by atoms with Gasteiger partial charge in [-0.25, -0.2) is 0 Å². The Morgan fingerprint density at radius 2 is 1.92 bits per heavy atom. The van der Waals surface area contributed by atoms with Gasteiger partial charge in [0, 0.05) is 15.4 Å². The van der Waals surface area contributed by atoms with E-state index < -0.39 is 17.1 Å². The SMILES string of the molecule is Cc1ccc(/C=C2/SC(=O)N(CC(=O)Nc3ccccc3C)C2=O)s1. The summed E-state index contributed by atoms with van der Waals surface area (Å²) in [5.41, 5.74) is 1.59. The summed E-state index contributed by atoms with van der Waals surface area (Å²) in [6.45, 7) is 3.56. The van der Waals surface area contributed by atoms with Gasteiger partial charge >= 0.3 is 0 Å². The van der Waals surface area contributed by atoms with Crippen molar-refractivity contribution in [3.8, 4) is 0 Å². The number of nitrogens with zero attached hydrogens (tertiary/aromatic N) is 1. The van der Waals surface area contributed by atoms with Crippen LogP contribution in [-0.4, -0.2) is 28.5 Å². The zero-order chi connectivity index (χ0) is 18.0. The second-order valence-corrected chi connectivity index (χ2v) is 7.89. The maximum Gasteiger partial charge on any atom is 0.294 e. The Balaban J connectivity index is 1.69. The van der Waals surface area contributed by atoms with E-state index in [0.717, 1.165) is 32.0 Å². The molecule has 1 fully saturated rings. The van der Waals surface area contributed by atoms with E-state index in [-0.39, 0.29) is 6.54 Å². The van der Waals surface area contributed by atoms with Crippen LogP contribution in [0, 0.1) is 13.8 Å². The number of hydrogen-bond donors (Lipinski definition) is 1. The fraction of sp³-hybridized carbons (Fsp3) is 0.167. The molecule has 128 valence electrons. The molecule has 0 atom stereocenters. The van der Waals surface area contributed by atoms with E-state index in [4.69, 9.17) is 0 Å². The number of thioether (sulfide) groups is 1. The molecule has 0 saturated carbocycles. The van der Waals surface area contributed by atoms with E-state index >= 15 is 0 Å². The molecule has 0 bridgehead atoms. The Kier molecular flexibility index (Phi) is 5.06. The predicted octanol–water partition coefficient (Wildman–Crippen LogP) is 4.04. The fourth-order valence-corrected chi connectivity index (χ4v) is 4.07. The average molecular weight is 372 g/mol. The molecule has 0 unspecified atom stereocenters. The van der Waals surface area contributed by atoms with Gasteiger partial charge in [0.2, 0.25) is 5.91 Å². The molecule has 3 amide bonds. The molecule has 25 heavy (non-hydrogen) atoms. The highest BCUT2D eigenvalue weighted by molar-refractivity contribution is 8.18. The van der Waals surface area contributed by atoms with Crippen molar-refractivity contribution < 1.29 is 14.4 Å². The topological polar surface area (TPSA) is 66.5 Å². The Hall–Kier alpha value is -2.38. The van der Waals surface area contributed by atoms with Gasteiger partial charge in [0.25, 0.3) is 11.1 Å². The Labute approximate surface area is 153 Å². The van der Waals surface area contributed by atoms with E-state index in [1.165, 1.54) is 0 Å². The summed E-state index contributed by atoms with van der Waals surface area (Å²) in [4.78, 5) is 40.1. The minimum absolute atomic E-state index is 0.292. The zero-order valence-electron chi connectivity index (χ0n) is 13.7. The first-order valence-corrected chi connectivity index (χ1v) is 9.24. The van der Waals surface area contributed by atoms with Crippen LogP contribution in [0.4, 0.5) is 10.5 Å². The number of rotatable bonds is 4. The number of anilines is 1. The minimum Gasteiger partial charge on any atom is -0.324 e. The summed E-state index contributed by atoms with van der Waals surface area (Å²) >= 11 is 2.41. The molecule has 1 aliphatic rings. The van der Waals surface area contributed by atoms with Gasteiger partial charge in [-0.05, 0) is 55.4 Å². The molecular weight excluding hydrogens is 356 g/mol. The molecule has 3 rings (SSSR count). The third-order valence-electron chi connectivity index (χ3n) is 3.63. The van der Waals surface area contributed by atoms with Gasteiger partial charge in [-0.2, -0.15) is 0 Å². The van der Waals surface area contributed by atoms with E-state index in [2.05, 4.69) is 5.32 Å². The standard InChI is InChI=1S/C18H16N2O3S2/c1-11-5-3-4-6-14(11)19-16(21)10-20-17(22)15(25-18(20)23)9-13-8-7-12(2)24-13/h3-9H,10H2,1-2H3,(H,19,21)/b15-9+. The van der Waals surface area contributed by atoms with E-state index in [0.29, 0.717) is 10.6 Å². The third-order valence-corrected chi connectivity index (χ3v) is 5.48. The lowest BCUT2D eigenvalue weighted by Crippen LogP contribution is -2.36. The number of para-hydroxylation sites is 1. The van der Waals surface area contributed by atoms with Crippen molar-refractivity contribution in [2.24, 2.45) is 0 Å². The van der Waals surface area contributed by atoms with Crippen LogP contribution in [0.15, 0.2) is 41.3 Å². The second-order valence-electron chi connectivity index (χ2n) is 5.58. The lowest BCUT2D eigenvalue weighted by Gasteiger charge is -2.13. The second kappa shape index (κ2) is 7.25. The maximum atomic E-state index is 12.4. The first kappa shape index (κ1) is 17.4. The van der Waals surface area contributed by atoms with Crippen molar-refractivity contribution in [3.05, 3.63) is 56.6 Å². The summed E-state index contributed by atoms with van der Waals surface area (Å²) < 4.78 is 0. The van der Waals surface area contributed by atoms with Gasteiger partial charge in [-0.1, -0.05) is 18.2 Å². The van der Waals surface area contributed by atoms with Crippen LogP contribution in [0.2, 0.25) is 0 Å². The van der Waals surface area contributed by atoms with Crippen LogP contribution in [0.1, 0.15) is 15.3 Å². The third kappa shape index (κ3) is 4.00. The smallest absolute Gasteiger partial charge is 0.294 e. The molecule has 7 heteroatoms. The van der Waals surface area contributed by atoms with E-state index in [1.54, 1.807) is 23.5 Å². The van der Waals surface area contributed by atoms with Gasteiger partial charge in [-0.3, -0.25) is 19.3 Å². The molecule has 0 spiro atoms. The number of carbonyl (C=O) groups excluding carboxylic acids is 3. The molecule has 1 aromatic carbocycles. The highest BCUT2D eigenvalue weighted by Crippen LogP contribution is 2.33. The van der Waals surface area contributed by atoms with E-state index in [9.17, 15) is 14.4 Å². The summed E-state index contributed by atoms with van der Waals surface area (Å²) in [6, 6.07) is 11.2. The molecule has 0 radical (unpaired) electrons. The number of benzene rings is 1. The normalized spacial score (nSPS) is 15.9. The number of amides is 3. The van der Waals surface area contributed by atoms with Crippen molar-refractivity contribution in [3.63, 3.8) is 0 Å². The van der Waals surface area contributed by atoms with Gasteiger partial charge in [0.1, 0.15) is 6.54 Å². The van der Waals surface area contributed by atoms with Crippen LogP contribution in [0.3, 0.4) is 0 Å². The van der Waals surface area contributed by atoms with Crippen LogP contribution in [0.5, 0.6) is 0 Å². The van der Waals surface area contributed by atoms with Crippen LogP contribution in [0.25, 0.3) is 6.08 Å². The number of thiophene rings is 1. The first-order chi connectivity index (χ1) is 11.9. The Morgan fingerprint density at radius 3 is 2.60 bits per heavy atom. The van der Waals surface area contributed by atoms with Crippen molar-refractivity contribution in [2.75, 3.05) is 11.9 Å². The number of nitrogens with one attached hydrogen (secondary N) is 1. The van der Waals surface area contributed by atoms with Crippen LogP contribution < -0.4 is 5.32 Å². The molecule has 1 saturated heterocycles. The Morgan fingerprint density at radius 1 is 1.16 bits per heavy atom. The molecule has 2 heterocycles. The van der Waals surface area contributed by atoms with Crippen molar-refractivity contribution >= 4 is 51.9 Å². The van der Waals surface area contributed by atoms with Crippen LogP contribution in [-0.2, 0) is 9.59 Å². The number of carbonyl (C=O) groups is 3. The highest BCUT2D eigenvalue weighted by atomic mass is 32.2. The van der Waals surface area contributed by atoms with Crippen molar-refractivity contribution in [2.45, 2.75) is 13.8 Å². The molecule has 2 aromatic rings. The molecule has 0 aliphatic carbocycles. The van der Waals surface area contributed by atoms with Crippen molar-refractivity contribution in [1.82, 2.24) is 4.90 Å². The highest BCUT2D eigenvalue weighted by Gasteiger charge is 2.36. The number of imide groups is 1. The maximum absolute atomic E-state index is 12.4. The predicted molar refractivity (Wildman–Crippen MR) is 102 cm³/mol. The van der Waals surface area contributed by atoms with Gasteiger partial charge < -0.3 is 5.32 Å². The largest absolute Gasteiger partial charge is 0.324 e. The Bertz CT molecular complexity index is 886. The minimum atomic E-state index is -0.430. The lowest BCUT2D eigenvalue weighted by atomic mass is 10.2. The molecule has 5 nitrogen and oxygen atoms in total. The average Bonchev–Trinajstić information content (AvgIpc) is 3.08. The number of aryl methyl sites for hydroxylation is 2. The summed E-state index contributed by atoms with van der Waals surface area (Å²) in [6.07, 6.45) is 1.70. The molecular formula is C18H16N2O3S2. The molecule has 1 N–H and O–H groups in total. The molecule has 1 aliphatic heterocycles.